The molecule has 0 unspecified atom stereocenters. The lowest BCUT2D eigenvalue weighted by atomic mass is 9.98. The second-order valence-corrected chi connectivity index (χ2v) is 5.58. The van der Waals surface area contributed by atoms with Crippen LogP contribution in [0.25, 0.3) is 5.65 Å². The molecule has 24 heavy (non-hydrogen) atoms. The molecule has 1 atom stereocenters. The smallest absolute Gasteiger partial charge is 0.376 e. The lowest BCUT2D eigenvalue weighted by Crippen LogP contribution is -2.40. The SMILES string of the molecule is COC(=O)[C@H]1CCCN(c2nc3ccccn3c(=O)c2[N+](=O)[O-])C1. The van der Waals surface area contributed by atoms with E-state index in [4.69, 9.17) is 4.74 Å². The van der Waals surface area contributed by atoms with Gasteiger partial charge in [-0.3, -0.25) is 24.1 Å². The Labute approximate surface area is 136 Å². The minimum absolute atomic E-state index is 0.00445. The van der Waals surface area contributed by atoms with Gasteiger partial charge in [0.15, 0.2) is 0 Å². The summed E-state index contributed by atoms with van der Waals surface area (Å²) in [7, 11) is 1.31. The number of anilines is 1. The summed E-state index contributed by atoms with van der Waals surface area (Å²) in [5.74, 6) is -0.746. The van der Waals surface area contributed by atoms with Crippen LogP contribution in [0.2, 0.25) is 0 Å². The van der Waals surface area contributed by atoms with Gasteiger partial charge in [0, 0.05) is 19.3 Å². The van der Waals surface area contributed by atoms with Gasteiger partial charge in [-0.05, 0) is 25.0 Å². The van der Waals surface area contributed by atoms with E-state index >= 15 is 0 Å². The van der Waals surface area contributed by atoms with Gasteiger partial charge in [0.2, 0.25) is 5.82 Å². The fourth-order valence-electron chi connectivity index (χ4n) is 2.98. The number of pyridine rings is 1. The first-order valence-corrected chi connectivity index (χ1v) is 7.51. The lowest BCUT2D eigenvalue weighted by molar-refractivity contribution is -0.385. The number of hydrogen-bond acceptors (Lipinski definition) is 7. The number of nitrogens with zero attached hydrogens (tertiary/aromatic N) is 4. The van der Waals surface area contributed by atoms with E-state index in [1.165, 1.54) is 13.3 Å². The van der Waals surface area contributed by atoms with E-state index in [1.54, 1.807) is 23.1 Å². The molecule has 3 heterocycles. The summed E-state index contributed by atoms with van der Waals surface area (Å²) in [6, 6.07) is 4.91. The first kappa shape index (κ1) is 15.9. The van der Waals surface area contributed by atoms with Gasteiger partial charge in [0.1, 0.15) is 5.65 Å². The van der Waals surface area contributed by atoms with Crippen molar-refractivity contribution in [1.29, 1.82) is 0 Å². The van der Waals surface area contributed by atoms with Crippen molar-refractivity contribution in [1.82, 2.24) is 9.38 Å². The average Bonchev–Trinajstić information content (AvgIpc) is 2.60. The Hall–Kier alpha value is -2.97. The molecule has 9 heteroatoms. The first-order chi connectivity index (χ1) is 11.5. The van der Waals surface area contributed by atoms with Crippen molar-refractivity contribution in [3.8, 4) is 0 Å². The topological polar surface area (TPSA) is 107 Å². The summed E-state index contributed by atoms with van der Waals surface area (Å²) in [5.41, 5.74) is -0.992. The third kappa shape index (κ3) is 2.68. The maximum atomic E-state index is 12.5. The second-order valence-electron chi connectivity index (χ2n) is 5.58. The third-order valence-corrected chi connectivity index (χ3v) is 4.13. The maximum Gasteiger partial charge on any atom is 0.376 e. The van der Waals surface area contributed by atoms with E-state index in [1.807, 2.05) is 0 Å². The highest BCUT2D eigenvalue weighted by Gasteiger charge is 2.33. The van der Waals surface area contributed by atoms with Gasteiger partial charge in [0.05, 0.1) is 18.0 Å². The van der Waals surface area contributed by atoms with Gasteiger partial charge in [-0.2, -0.15) is 0 Å². The van der Waals surface area contributed by atoms with Gasteiger partial charge in [-0.1, -0.05) is 6.07 Å². The van der Waals surface area contributed by atoms with Crippen molar-refractivity contribution in [2.24, 2.45) is 5.92 Å². The fraction of sp³-hybridized carbons (Fsp3) is 0.400. The van der Waals surface area contributed by atoms with Crippen LogP contribution >= 0.6 is 0 Å². The highest BCUT2D eigenvalue weighted by molar-refractivity contribution is 5.74. The van der Waals surface area contributed by atoms with Crippen LogP contribution in [0.4, 0.5) is 11.5 Å². The maximum absolute atomic E-state index is 12.5. The molecule has 0 spiro atoms. The van der Waals surface area contributed by atoms with E-state index in [-0.39, 0.29) is 24.2 Å². The van der Waals surface area contributed by atoms with Crippen LogP contribution in [0.3, 0.4) is 0 Å². The van der Waals surface area contributed by atoms with Crippen LogP contribution in [0, 0.1) is 16.0 Å². The highest BCUT2D eigenvalue weighted by Crippen LogP contribution is 2.28. The largest absolute Gasteiger partial charge is 0.469 e. The molecule has 1 saturated heterocycles. The molecule has 126 valence electrons. The van der Waals surface area contributed by atoms with Crippen LogP contribution in [0.15, 0.2) is 29.2 Å². The fourth-order valence-corrected chi connectivity index (χ4v) is 2.98. The molecule has 0 N–H and O–H groups in total. The lowest BCUT2D eigenvalue weighted by Gasteiger charge is -2.31. The van der Waals surface area contributed by atoms with Crippen molar-refractivity contribution < 1.29 is 14.5 Å². The number of nitro groups is 1. The van der Waals surface area contributed by atoms with E-state index < -0.39 is 16.2 Å². The van der Waals surface area contributed by atoms with E-state index in [2.05, 4.69) is 4.98 Å². The first-order valence-electron chi connectivity index (χ1n) is 7.51. The minimum Gasteiger partial charge on any atom is -0.469 e. The molecular weight excluding hydrogens is 316 g/mol. The Morgan fingerprint density at radius 1 is 1.46 bits per heavy atom. The number of esters is 1. The molecule has 1 aliphatic rings. The molecule has 3 rings (SSSR count). The summed E-state index contributed by atoms with van der Waals surface area (Å²) >= 11 is 0. The number of piperidine rings is 1. The van der Waals surface area contributed by atoms with Crippen molar-refractivity contribution in [3.63, 3.8) is 0 Å². The van der Waals surface area contributed by atoms with E-state index in [0.717, 1.165) is 4.40 Å². The quantitative estimate of drug-likeness (QED) is 0.468. The van der Waals surface area contributed by atoms with Gasteiger partial charge in [-0.25, -0.2) is 4.98 Å². The number of carbonyl (C=O) groups excluding carboxylic acids is 1. The molecule has 9 nitrogen and oxygen atoms in total. The zero-order valence-corrected chi connectivity index (χ0v) is 13.0. The normalized spacial score (nSPS) is 17.7. The number of carbonyl (C=O) groups is 1. The number of rotatable bonds is 3. The molecule has 0 aromatic carbocycles. The van der Waals surface area contributed by atoms with Crippen molar-refractivity contribution in [2.45, 2.75) is 12.8 Å². The molecule has 2 aromatic rings. The summed E-state index contributed by atoms with van der Waals surface area (Å²) < 4.78 is 5.90. The monoisotopic (exact) mass is 332 g/mol. The van der Waals surface area contributed by atoms with E-state index in [0.29, 0.717) is 25.0 Å². The van der Waals surface area contributed by atoms with Crippen LogP contribution in [-0.2, 0) is 9.53 Å². The Balaban J connectivity index is 2.11. The molecule has 1 aliphatic heterocycles. The molecule has 1 fully saturated rings. The molecule has 0 saturated carbocycles. The summed E-state index contributed by atoms with van der Waals surface area (Å²) in [5, 5.41) is 11.4. The van der Waals surface area contributed by atoms with Crippen LogP contribution in [0.5, 0.6) is 0 Å². The van der Waals surface area contributed by atoms with Crippen molar-refractivity contribution >= 4 is 23.1 Å². The molecule has 0 aliphatic carbocycles. The predicted octanol–water partition coefficient (Wildman–Crippen LogP) is 0.992. The standard InChI is InChI=1S/C15H16N4O5/c1-24-15(21)10-5-4-7-17(9-10)13-12(19(22)23)14(20)18-8-3-2-6-11(18)16-13/h2-3,6,8,10H,4-5,7,9H2,1H3/t10-/m0/s1. The van der Waals surface area contributed by atoms with Crippen LogP contribution in [0.1, 0.15) is 12.8 Å². The Bertz CT molecular complexity index is 863. The van der Waals surface area contributed by atoms with Crippen molar-refractivity contribution in [2.75, 3.05) is 25.1 Å². The van der Waals surface area contributed by atoms with Gasteiger partial charge >= 0.3 is 17.2 Å². The zero-order chi connectivity index (χ0) is 17.3. The van der Waals surface area contributed by atoms with Crippen LogP contribution < -0.4 is 10.5 Å². The minimum atomic E-state index is -0.735. The van der Waals surface area contributed by atoms with Gasteiger partial charge in [0.25, 0.3) is 0 Å². The molecular formula is C15H16N4O5. The third-order valence-electron chi connectivity index (χ3n) is 4.13. The van der Waals surface area contributed by atoms with Crippen LogP contribution in [-0.4, -0.2) is 40.5 Å². The van der Waals surface area contributed by atoms with Gasteiger partial charge in [-0.15, -0.1) is 0 Å². The zero-order valence-electron chi connectivity index (χ0n) is 13.0. The molecule has 0 bridgehead atoms. The predicted molar refractivity (Wildman–Crippen MR) is 85.1 cm³/mol. The van der Waals surface area contributed by atoms with Gasteiger partial charge < -0.3 is 9.64 Å². The average molecular weight is 332 g/mol. The summed E-state index contributed by atoms with van der Waals surface area (Å²) in [4.78, 5) is 40.9. The number of ether oxygens (including phenoxy) is 1. The number of aromatic nitrogens is 2. The molecule has 0 amide bonds. The summed E-state index contributed by atoms with van der Waals surface area (Å²) in [6.45, 7) is 0.729. The Kier molecular flexibility index (Phi) is 4.15. The number of fused-ring (bicyclic) bond motifs is 1. The summed E-state index contributed by atoms with van der Waals surface area (Å²) in [6.07, 6.45) is 2.74. The highest BCUT2D eigenvalue weighted by atomic mass is 16.6. The van der Waals surface area contributed by atoms with E-state index in [9.17, 15) is 19.7 Å². The number of methoxy groups -OCH3 is 1. The molecule has 2 aromatic heterocycles. The second kappa shape index (κ2) is 6.26. The van der Waals surface area contributed by atoms with Crippen molar-refractivity contribution in [3.05, 3.63) is 44.9 Å². The Morgan fingerprint density at radius 2 is 2.25 bits per heavy atom. The number of hydrogen-bond donors (Lipinski definition) is 0. The molecule has 0 radical (unpaired) electrons. The Morgan fingerprint density at radius 3 is 2.96 bits per heavy atom.